The number of carbonyl (C=O) groups excluding carboxylic acids is 1. The molecule has 1 heterocycles. The number of aryl methyl sites for hydroxylation is 1. The summed E-state index contributed by atoms with van der Waals surface area (Å²) < 4.78 is 5.17. The van der Waals surface area contributed by atoms with Crippen LogP contribution in [0.1, 0.15) is 15.9 Å². The van der Waals surface area contributed by atoms with E-state index in [1.54, 1.807) is 19.2 Å². The van der Waals surface area contributed by atoms with Gasteiger partial charge in [0.05, 0.1) is 7.11 Å². The minimum absolute atomic E-state index is 0.228. The van der Waals surface area contributed by atoms with E-state index in [4.69, 9.17) is 16.3 Å². The number of pyridine rings is 1. The van der Waals surface area contributed by atoms with Crippen LogP contribution in [-0.2, 0) is 0 Å². The highest BCUT2D eigenvalue weighted by atomic mass is 35.5. The van der Waals surface area contributed by atoms with Crippen LogP contribution in [0.25, 0.3) is 0 Å². The van der Waals surface area contributed by atoms with Crippen LogP contribution in [0.2, 0.25) is 5.15 Å². The molecule has 0 spiro atoms. The van der Waals surface area contributed by atoms with Gasteiger partial charge < -0.3 is 10.1 Å². The van der Waals surface area contributed by atoms with E-state index in [-0.39, 0.29) is 5.91 Å². The molecule has 98 valence electrons. The molecule has 2 aromatic rings. The van der Waals surface area contributed by atoms with Crippen LogP contribution in [-0.4, -0.2) is 18.0 Å². The number of hydrogen-bond acceptors (Lipinski definition) is 3. The molecule has 0 saturated heterocycles. The van der Waals surface area contributed by atoms with Crippen LogP contribution in [0.5, 0.6) is 5.75 Å². The molecule has 2 rings (SSSR count). The van der Waals surface area contributed by atoms with Crippen molar-refractivity contribution in [3.8, 4) is 5.75 Å². The second-order valence-electron chi connectivity index (χ2n) is 4.01. The fraction of sp³-hybridized carbons (Fsp3) is 0.143. The average molecular weight is 277 g/mol. The zero-order valence-corrected chi connectivity index (χ0v) is 11.4. The van der Waals surface area contributed by atoms with Crippen molar-refractivity contribution in [1.82, 2.24) is 4.98 Å². The molecule has 0 bridgehead atoms. The molecule has 19 heavy (non-hydrogen) atoms. The second-order valence-corrected chi connectivity index (χ2v) is 4.39. The third kappa shape index (κ3) is 3.23. The molecule has 1 N–H and O–H groups in total. The lowest BCUT2D eigenvalue weighted by Crippen LogP contribution is -2.12. The van der Waals surface area contributed by atoms with Crippen LogP contribution in [0.3, 0.4) is 0 Å². The first-order valence-electron chi connectivity index (χ1n) is 5.67. The zero-order chi connectivity index (χ0) is 13.8. The minimum Gasteiger partial charge on any atom is -0.496 e. The van der Waals surface area contributed by atoms with Gasteiger partial charge in [-0.2, -0.15) is 0 Å². The smallest absolute Gasteiger partial charge is 0.255 e. The third-order valence-electron chi connectivity index (χ3n) is 2.64. The SMILES string of the molecule is COc1ccc(NC(=O)c2ccnc(Cl)c2)cc1C. The van der Waals surface area contributed by atoms with Gasteiger partial charge in [0.15, 0.2) is 0 Å². The lowest BCUT2D eigenvalue weighted by molar-refractivity contribution is 0.102. The van der Waals surface area contributed by atoms with E-state index in [0.717, 1.165) is 11.3 Å². The molecular weight excluding hydrogens is 264 g/mol. The van der Waals surface area contributed by atoms with E-state index in [1.807, 2.05) is 19.1 Å². The summed E-state index contributed by atoms with van der Waals surface area (Å²) in [5, 5.41) is 3.09. The van der Waals surface area contributed by atoms with Gasteiger partial charge in [-0.25, -0.2) is 4.98 Å². The first-order chi connectivity index (χ1) is 9.10. The number of anilines is 1. The number of nitrogens with zero attached hydrogens (tertiary/aromatic N) is 1. The number of methoxy groups -OCH3 is 1. The Kier molecular flexibility index (Phi) is 4.02. The van der Waals surface area contributed by atoms with Gasteiger partial charge in [0.2, 0.25) is 0 Å². The summed E-state index contributed by atoms with van der Waals surface area (Å²) in [4.78, 5) is 15.8. The molecule has 0 fully saturated rings. The second kappa shape index (κ2) is 5.71. The maximum Gasteiger partial charge on any atom is 0.255 e. The van der Waals surface area contributed by atoms with Crippen molar-refractivity contribution in [1.29, 1.82) is 0 Å². The fourth-order valence-electron chi connectivity index (χ4n) is 1.70. The van der Waals surface area contributed by atoms with Crippen LogP contribution in [0.4, 0.5) is 5.69 Å². The summed E-state index contributed by atoms with van der Waals surface area (Å²) >= 11 is 5.75. The molecule has 0 radical (unpaired) electrons. The first kappa shape index (κ1) is 13.4. The zero-order valence-electron chi connectivity index (χ0n) is 10.6. The monoisotopic (exact) mass is 276 g/mol. The predicted octanol–water partition coefficient (Wildman–Crippen LogP) is 3.30. The van der Waals surface area contributed by atoms with Crippen LogP contribution < -0.4 is 10.1 Å². The molecule has 1 aromatic carbocycles. The normalized spacial score (nSPS) is 10.1. The summed E-state index contributed by atoms with van der Waals surface area (Å²) in [5.41, 5.74) is 2.12. The van der Waals surface area contributed by atoms with Crippen molar-refractivity contribution in [2.45, 2.75) is 6.92 Å². The van der Waals surface area contributed by atoms with Gasteiger partial charge in [-0.3, -0.25) is 4.79 Å². The molecule has 1 aromatic heterocycles. The molecule has 0 aliphatic carbocycles. The number of nitrogens with one attached hydrogen (secondary N) is 1. The molecule has 0 saturated carbocycles. The predicted molar refractivity (Wildman–Crippen MR) is 74.9 cm³/mol. The fourth-order valence-corrected chi connectivity index (χ4v) is 1.88. The minimum atomic E-state index is -0.228. The Morgan fingerprint density at radius 2 is 2.11 bits per heavy atom. The van der Waals surface area contributed by atoms with Crippen molar-refractivity contribution < 1.29 is 9.53 Å². The highest BCUT2D eigenvalue weighted by Gasteiger charge is 2.08. The molecule has 0 atom stereocenters. The maximum absolute atomic E-state index is 12.0. The van der Waals surface area contributed by atoms with Crippen LogP contribution >= 0.6 is 11.6 Å². The summed E-state index contributed by atoms with van der Waals surface area (Å²) in [6.07, 6.45) is 1.50. The summed E-state index contributed by atoms with van der Waals surface area (Å²) in [6, 6.07) is 8.57. The number of hydrogen-bond donors (Lipinski definition) is 1. The van der Waals surface area contributed by atoms with Gasteiger partial charge in [-0.05, 0) is 42.8 Å². The summed E-state index contributed by atoms with van der Waals surface area (Å²) in [6.45, 7) is 1.91. The molecule has 5 heteroatoms. The standard InChI is InChI=1S/C14H13ClN2O2/c1-9-7-11(3-4-12(9)19-2)17-14(18)10-5-6-16-13(15)8-10/h3-8H,1-2H3,(H,17,18). The van der Waals surface area contributed by atoms with Crippen molar-refractivity contribution in [3.63, 3.8) is 0 Å². The topological polar surface area (TPSA) is 51.2 Å². The Hall–Kier alpha value is -2.07. The number of carbonyl (C=O) groups is 1. The largest absolute Gasteiger partial charge is 0.496 e. The quantitative estimate of drug-likeness (QED) is 0.875. The summed E-state index contributed by atoms with van der Waals surface area (Å²) in [5.74, 6) is 0.554. The Bertz CT molecular complexity index is 614. The van der Waals surface area contributed by atoms with Gasteiger partial charge in [0, 0.05) is 17.4 Å². The van der Waals surface area contributed by atoms with Crippen molar-refractivity contribution in [2.75, 3.05) is 12.4 Å². The van der Waals surface area contributed by atoms with Crippen molar-refractivity contribution in [2.24, 2.45) is 0 Å². The highest BCUT2D eigenvalue weighted by molar-refractivity contribution is 6.29. The van der Waals surface area contributed by atoms with Gasteiger partial charge in [0.1, 0.15) is 10.9 Å². The first-order valence-corrected chi connectivity index (χ1v) is 6.05. The summed E-state index contributed by atoms with van der Waals surface area (Å²) in [7, 11) is 1.61. The lowest BCUT2D eigenvalue weighted by Gasteiger charge is -2.09. The van der Waals surface area contributed by atoms with Gasteiger partial charge in [-0.15, -0.1) is 0 Å². The number of rotatable bonds is 3. The number of ether oxygens (including phenoxy) is 1. The number of benzene rings is 1. The van der Waals surface area contributed by atoms with Gasteiger partial charge >= 0.3 is 0 Å². The molecule has 0 unspecified atom stereocenters. The highest BCUT2D eigenvalue weighted by Crippen LogP contribution is 2.21. The Morgan fingerprint density at radius 3 is 2.74 bits per heavy atom. The van der Waals surface area contributed by atoms with Crippen LogP contribution in [0.15, 0.2) is 36.5 Å². The Balaban J connectivity index is 2.17. The molecule has 4 nitrogen and oxygen atoms in total. The average Bonchev–Trinajstić information content (AvgIpc) is 2.39. The molecule has 0 aliphatic heterocycles. The number of halogens is 1. The van der Waals surface area contributed by atoms with E-state index >= 15 is 0 Å². The van der Waals surface area contributed by atoms with Crippen LogP contribution in [0, 0.1) is 6.92 Å². The molecule has 1 amide bonds. The Labute approximate surface area is 116 Å². The Morgan fingerprint density at radius 1 is 1.32 bits per heavy atom. The number of amides is 1. The van der Waals surface area contributed by atoms with Gasteiger partial charge in [-0.1, -0.05) is 11.6 Å². The lowest BCUT2D eigenvalue weighted by atomic mass is 10.2. The number of aromatic nitrogens is 1. The molecular formula is C14H13ClN2O2. The van der Waals surface area contributed by atoms with Gasteiger partial charge in [0.25, 0.3) is 5.91 Å². The van der Waals surface area contributed by atoms with E-state index < -0.39 is 0 Å². The van der Waals surface area contributed by atoms with E-state index in [9.17, 15) is 4.79 Å². The van der Waals surface area contributed by atoms with Crippen molar-refractivity contribution in [3.05, 3.63) is 52.8 Å². The van der Waals surface area contributed by atoms with E-state index in [2.05, 4.69) is 10.3 Å². The van der Waals surface area contributed by atoms with E-state index in [0.29, 0.717) is 16.4 Å². The maximum atomic E-state index is 12.0. The molecule has 0 aliphatic rings. The van der Waals surface area contributed by atoms with Crippen molar-refractivity contribution >= 4 is 23.2 Å². The third-order valence-corrected chi connectivity index (χ3v) is 2.85. The van der Waals surface area contributed by atoms with E-state index in [1.165, 1.54) is 12.3 Å².